The number of hydrogen-bond donors (Lipinski definition) is 1. The van der Waals surface area contributed by atoms with Crippen LogP contribution in [0.1, 0.15) is 32.6 Å². The molecule has 3 aliphatic rings. The van der Waals surface area contributed by atoms with Gasteiger partial charge in [-0.05, 0) is 36.3 Å². The fourth-order valence-electron chi connectivity index (χ4n) is 3.67. The van der Waals surface area contributed by atoms with Crippen LogP contribution in [0.3, 0.4) is 0 Å². The Balaban J connectivity index is 1.93. The first-order chi connectivity index (χ1) is 8.61. The zero-order valence-electron chi connectivity index (χ0n) is 10.7. The minimum absolute atomic E-state index is 0.135. The number of fused-ring (bicyclic) bond motifs is 1. The van der Waals surface area contributed by atoms with E-state index in [0.29, 0.717) is 26.1 Å². The molecule has 1 N–H and O–H groups in total. The summed E-state index contributed by atoms with van der Waals surface area (Å²) in [4.78, 5) is 11.6. The lowest BCUT2D eigenvalue weighted by Crippen LogP contribution is -2.47. The van der Waals surface area contributed by atoms with Gasteiger partial charge < -0.3 is 14.6 Å². The van der Waals surface area contributed by atoms with Crippen LogP contribution < -0.4 is 0 Å². The highest BCUT2D eigenvalue weighted by atomic mass is 16.7. The molecule has 2 fully saturated rings. The molecule has 0 spiro atoms. The second-order valence-electron chi connectivity index (χ2n) is 5.79. The van der Waals surface area contributed by atoms with Gasteiger partial charge in [0.25, 0.3) is 0 Å². The van der Waals surface area contributed by atoms with E-state index in [-0.39, 0.29) is 23.4 Å². The molecule has 1 saturated heterocycles. The molecule has 0 aromatic heterocycles. The highest BCUT2D eigenvalue weighted by Gasteiger charge is 2.50. The topological polar surface area (TPSA) is 55.8 Å². The van der Waals surface area contributed by atoms with Crippen molar-refractivity contribution >= 4 is 5.78 Å². The number of aliphatic hydroxyl groups is 1. The second-order valence-corrected chi connectivity index (χ2v) is 5.79. The molecule has 18 heavy (non-hydrogen) atoms. The molecule has 1 saturated carbocycles. The van der Waals surface area contributed by atoms with Crippen LogP contribution in [0.2, 0.25) is 0 Å². The Hall–Kier alpha value is -0.710. The molecule has 4 heteroatoms. The van der Waals surface area contributed by atoms with Crippen LogP contribution in [0.4, 0.5) is 0 Å². The van der Waals surface area contributed by atoms with E-state index in [2.05, 4.69) is 6.92 Å². The Bertz CT molecular complexity index is 383. The summed E-state index contributed by atoms with van der Waals surface area (Å²) in [5.41, 5.74) is 0.745. The van der Waals surface area contributed by atoms with Gasteiger partial charge in [0.1, 0.15) is 0 Å². The van der Waals surface area contributed by atoms with Crippen LogP contribution in [0.5, 0.6) is 0 Å². The first-order valence-corrected chi connectivity index (χ1v) is 6.77. The Labute approximate surface area is 107 Å². The van der Waals surface area contributed by atoms with Crippen molar-refractivity contribution in [3.05, 3.63) is 11.6 Å². The van der Waals surface area contributed by atoms with Gasteiger partial charge in [0.15, 0.2) is 12.1 Å². The first kappa shape index (κ1) is 12.3. The van der Waals surface area contributed by atoms with Gasteiger partial charge in [0.2, 0.25) is 0 Å². The molecular formula is C14H20O4. The van der Waals surface area contributed by atoms with Crippen LogP contribution >= 0.6 is 0 Å². The number of carbonyl (C=O) groups is 1. The maximum atomic E-state index is 11.6. The average molecular weight is 252 g/mol. The van der Waals surface area contributed by atoms with Gasteiger partial charge in [0, 0.05) is 12.3 Å². The summed E-state index contributed by atoms with van der Waals surface area (Å²) in [6.07, 6.45) is 3.97. The first-order valence-electron chi connectivity index (χ1n) is 6.77. The molecule has 1 aliphatic heterocycles. The minimum atomic E-state index is -0.475. The third kappa shape index (κ3) is 1.83. The predicted octanol–water partition coefficient (Wildman–Crippen LogP) is 1.43. The summed E-state index contributed by atoms with van der Waals surface area (Å²) in [5, 5.41) is 10.1. The summed E-state index contributed by atoms with van der Waals surface area (Å²) in [7, 11) is 0. The van der Waals surface area contributed by atoms with Crippen LogP contribution in [-0.4, -0.2) is 36.5 Å². The standard InChI is InChI=1S/C14H20O4/c1-14-5-4-9(15)8-11(14)12(16)3-2-10(14)13-17-6-7-18-13/h8,10,12-13,16H,2-7H2,1H3/t10-,12+,14-/m1/s1. The Morgan fingerprint density at radius 1 is 1.33 bits per heavy atom. The van der Waals surface area contributed by atoms with Crippen LogP contribution in [0, 0.1) is 11.3 Å². The molecule has 0 amide bonds. The molecule has 1 heterocycles. The third-order valence-electron chi connectivity index (χ3n) is 4.77. The average Bonchev–Trinajstić information content (AvgIpc) is 2.85. The number of allylic oxidation sites excluding steroid dienone is 1. The van der Waals surface area contributed by atoms with E-state index in [9.17, 15) is 9.90 Å². The van der Waals surface area contributed by atoms with Gasteiger partial charge in [-0.1, -0.05) is 6.92 Å². The fourth-order valence-corrected chi connectivity index (χ4v) is 3.67. The van der Waals surface area contributed by atoms with Gasteiger partial charge in [-0.2, -0.15) is 0 Å². The van der Waals surface area contributed by atoms with E-state index in [0.717, 1.165) is 18.4 Å². The highest BCUT2D eigenvalue weighted by molar-refractivity contribution is 5.91. The fraction of sp³-hybridized carbons (Fsp3) is 0.786. The molecule has 0 bridgehead atoms. The third-order valence-corrected chi connectivity index (χ3v) is 4.77. The van der Waals surface area contributed by atoms with Crippen molar-refractivity contribution in [3.8, 4) is 0 Å². The largest absolute Gasteiger partial charge is 0.389 e. The van der Waals surface area contributed by atoms with Crippen molar-refractivity contribution in [2.24, 2.45) is 11.3 Å². The van der Waals surface area contributed by atoms with E-state index < -0.39 is 6.10 Å². The SMILES string of the molecule is C[C@]12CCC(=O)C=C1[C@@H](O)CC[C@@H]2C1OCCO1. The summed E-state index contributed by atoms with van der Waals surface area (Å²) in [6.45, 7) is 3.44. The number of rotatable bonds is 1. The quantitative estimate of drug-likeness (QED) is 0.767. The zero-order valence-corrected chi connectivity index (χ0v) is 10.7. The normalized spacial score (nSPS) is 41.7. The molecule has 0 aromatic rings. The van der Waals surface area contributed by atoms with Gasteiger partial charge in [-0.3, -0.25) is 4.79 Å². The lowest BCUT2D eigenvalue weighted by atomic mass is 9.59. The van der Waals surface area contributed by atoms with Crippen LogP contribution in [-0.2, 0) is 14.3 Å². The molecule has 0 unspecified atom stereocenters. The molecule has 3 atom stereocenters. The smallest absolute Gasteiger partial charge is 0.161 e. The zero-order chi connectivity index (χ0) is 12.8. The molecule has 2 aliphatic carbocycles. The molecule has 100 valence electrons. The maximum absolute atomic E-state index is 11.6. The van der Waals surface area contributed by atoms with Crippen molar-refractivity contribution in [1.82, 2.24) is 0 Å². The summed E-state index contributed by atoms with van der Waals surface area (Å²) in [6, 6.07) is 0. The van der Waals surface area contributed by atoms with Gasteiger partial charge in [-0.25, -0.2) is 0 Å². The number of hydrogen-bond acceptors (Lipinski definition) is 4. The lowest BCUT2D eigenvalue weighted by Gasteiger charge is -2.48. The molecule has 0 aromatic carbocycles. The van der Waals surface area contributed by atoms with Crippen LogP contribution in [0.25, 0.3) is 0 Å². The van der Waals surface area contributed by atoms with Gasteiger partial charge >= 0.3 is 0 Å². The number of ketones is 1. The van der Waals surface area contributed by atoms with Crippen molar-refractivity contribution < 1.29 is 19.4 Å². The van der Waals surface area contributed by atoms with E-state index >= 15 is 0 Å². The second kappa shape index (κ2) is 4.44. The summed E-state index contributed by atoms with van der Waals surface area (Å²) >= 11 is 0. The Morgan fingerprint density at radius 2 is 2.06 bits per heavy atom. The molecular weight excluding hydrogens is 232 g/mol. The summed E-state index contributed by atoms with van der Waals surface area (Å²) in [5.74, 6) is 0.387. The molecule has 3 rings (SSSR count). The van der Waals surface area contributed by atoms with Crippen molar-refractivity contribution in [3.63, 3.8) is 0 Å². The van der Waals surface area contributed by atoms with E-state index in [1.807, 2.05) is 0 Å². The Kier molecular flexibility index (Phi) is 3.04. The van der Waals surface area contributed by atoms with Crippen molar-refractivity contribution in [2.75, 3.05) is 13.2 Å². The van der Waals surface area contributed by atoms with E-state index in [1.54, 1.807) is 6.08 Å². The lowest BCUT2D eigenvalue weighted by molar-refractivity contribution is -0.135. The number of ether oxygens (including phenoxy) is 2. The van der Waals surface area contributed by atoms with Gasteiger partial charge in [0.05, 0.1) is 19.3 Å². The number of aliphatic hydroxyl groups excluding tert-OH is 1. The Morgan fingerprint density at radius 3 is 2.78 bits per heavy atom. The minimum Gasteiger partial charge on any atom is -0.389 e. The molecule has 4 nitrogen and oxygen atoms in total. The van der Waals surface area contributed by atoms with Crippen LogP contribution in [0.15, 0.2) is 11.6 Å². The van der Waals surface area contributed by atoms with E-state index in [4.69, 9.17) is 9.47 Å². The molecule has 0 radical (unpaired) electrons. The monoisotopic (exact) mass is 252 g/mol. The van der Waals surface area contributed by atoms with E-state index in [1.165, 1.54) is 0 Å². The van der Waals surface area contributed by atoms with Crippen molar-refractivity contribution in [2.45, 2.75) is 45.0 Å². The maximum Gasteiger partial charge on any atom is 0.161 e. The predicted molar refractivity (Wildman–Crippen MR) is 64.9 cm³/mol. The highest BCUT2D eigenvalue weighted by Crippen LogP contribution is 2.52. The number of carbonyl (C=O) groups excluding carboxylic acids is 1. The summed E-state index contributed by atoms with van der Waals surface area (Å²) < 4.78 is 11.3. The van der Waals surface area contributed by atoms with Gasteiger partial charge in [-0.15, -0.1) is 0 Å². The van der Waals surface area contributed by atoms with Crippen molar-refractivity contribution in [1.29, 1.82) is 0 Å².